The summed E-state index contributed by atoms with van der Waals surface area (Å²) in [6, 6.07) is 9.69. The summed E-state index contributed by atoms with van der Waals surface area (Å²) in [5, 5.41) is -0.0138. The Morgan fingerprint density at radius 3 is 2.27 bits per heavy atom. The minimum absolute atomic E-state index is 0.0138. The van der Waals surface area contributed by atoms with Crippen LogP contribution in [0.2, 0.25) is 5.02 Å². The lowest BCUT2D eigenvalue weighted by Gasteiger charge is -2.07. The van der Waals surface area contributed by atoms with Crippen molar-refractivity contribution >= 4 is 27.5 Å². The van der Waals surface area contributed by atoms with Gasteiger partial charge in [0.2, 0.25) is 10.0 Å². The van der Waals surface area contributed by atoms with Gasteiger partial charge >= 0.3 is 0 Å². The molecule has 1 amide bonds. The van der Waals surface area contributed by atoms with Crippen LogP contribution in [0.3, 0.4) is 0 Å². The quantitative estimate of drug-likeness (QED) is 0.926. The maximum Gasteiger partial charge on any atom is 0.264 e. The molecule has 0 aliphatic heterocycles. The molecule has 1 N–H and O–H groups in total. The van der Waals surface area contributed by atoms with Crippen LogP contribution < -0.4 is 9.46 Å². The average molecular weight is 344 g/mol. The van der Waals surface area contributed by atoms with Gasteiger partial charge in [-0.05, 0) is 36.4 Å². The number of hydrogen-bond acceptors (Lipinski definition) is 4. The molecule has 0 heterocycles. The molecule has 0 radical (unpaired) electrons. The van der Waals surface area contributed by atoms with Crippen molar-refractivity contribution in [1.82, 2.24) is 4.72 Å². The summed E-state index contributed by atoms with van der Waals surface area (Å²) in [5.41, 5.74) is 0.153. The summed E-state index contributed by atoms with van der Waals surface area (Å²) in [4.78, 5) is 11.6. The number of hydrogen-bond donors (Lipinski definition) is 1. The lowest BCUT2D eigenvalue weighted by molar-refractivity contribution is 0.0981. The molecule has 0 bridgehead atoms. The molecule has 2 aromatic rings. The third-order valence-corrected chi connectivity index (χ3v) is 3.38. The molecule has 0 atom stereocenters. The number of carbonyl (C=O) groups is 1. The van der Waals surface area contributed by atoms with E-state index in [2.05, 4.69) is 0 Å². The molecule has 2 aromatic carbocycles. The molecular formula is C14H11ClFNO4S. The molecule has 8 heteroatoms. The Kier molecular flexibility index (Phi) is 4.68. The van der Waals surface area contributed by atoms with E-state index in [1.165, 1.54) is 36.4 Å². The van der Waals surface area contributed by atoms with Gasteiger partial charge in [-0.1, -0.05) is 11.6 Å². The molecule has 22 heavy (non-hydrogen) atoms. The fourth-order valence-electron chi connectivity index (χ4n) is 1.58. The average Bonchev–Trinajstić information content (AvgIpc) is 2.42. The van der Waals surface area contributed by atoms with Gasteiger partial charge in [-0.15, -0.1) is 0 Å². The third kappa shape index (κ3) is 4.44. The number of halogens is 2. The van der Waals surface area contributed by atoms with Crippen LogP contribution in [0.1, 0.15) is 10.4 Å². The molecule has 0 fully saturated rings. The van der Waals surface area contributed by atoms with Crippen molar-refractivity contribution in [2.45, 2.75) is 0 Å². The highest BCUT2D eigenvalue weighted by Crippen LogP contribution is 2.25. The summed E-state index contributed by atoms with van der Waals surface area (Å²) in [7, 11) is -3.62. The molecule has 2 rings (SSSR count). The number of amides is 1. The smallest absolute Gasteiger partial charge is 0.264 e. The van der Waals surface area contributed by atoms with Gasteiger partial charge in [-0.3, -0.25) is 4.79 Å². The lowest BCUT2D eigenvalue weighted by Crippen LogP contribution is -2.29. The van der Waals surface area contributed by atoms with E-state index in [0.717, 1.165) is 12.3 Å². The molecule has 0 aliphatic carbocycles. The first-order valence-corrected chi connectivity index (χ1v) is 8.26. The molecule has 0 saturated heterocycles. The second kappa shape index (κ2) is 6.33. The predicted molar refractivity (Wildman–Crippen MR) is 80.2 cm³/mol. The van der Waals surface area contributed by atoms with Crippen molar-refractivity contribution < 1.29 is 22.3 Å². The molecule has 0 aliphatic rings. The van der Waals surface area contributed by atoms with Gasteiger partial charge < -0.3 is 4.74 Å². The summed E-state index contributed by atoms with van der Waals surface area (Å²) in [6.07, 6.45) is 0.886. The molecule has 0 spiro atoms. The molecule has 5 nitrogen and oxygen atoms in total. The summed E-state index contributed by atoms with van der Waals surface area (Å²) in [6.45, 7) is 0. The number of carbonyl (C=O) groups excluding carboxylic acids is 1. The van der Waals surface area contributed by atoms with E-state index in [4.69, 9.17) is 16.3 Å². The standard InChI is InChI=1S/C14H11ClFNO4S/c1-22(19,20)17-14(18)9-2-4-10(5-3-9)21-11-6-7-12(15)13(16)8-11/h2-8H,1H3,(H,17,18). The van der Waals surface area contributed by atoms with E-state index in [9.17, 15) is 17.6 Å². The number of nitrogens with one attached hydrogen (secondary N) is 1. The summed E-state index contributed by atoms with van der Waals surface area (Å²) >= 11 is 5.57. The van der Waals surface area contributed by atoms with Gasteiger partial charge in [-0.2, -0.15) is 0 Å². The highest BCUT2D eigenvalue weighted by Gasteiger charge is 2.11. The summed E-state index contributed by atoms with van der Waals surface area (Å²) < 4.78 is 42.5. The van der Waals surface area contributed by atoms with E-state index < -0.39 is 21.7 Å². The van der Waals surface area contributed by atoms with Gasteiger partial charge in [0.25, 0.3) is 5.91 Å². The Hall–Kier alpha value is -2.12. The Morgan fingerprint density at radius 2 is 1.73 bits per heavy atom. The highest BCUT2D eigenvalue weighted by molar-refractivity contribution is 7.89. The zero-order valence-corrected chi connectivity index (χ0v) is 12.9. The normalized spacial score (nSPS) is 11.0. The van der Waals surface area contributed by atoms with Crippen LogP contribution in [0, 0.1) is 5.82 Å². The topological polar surface area (TPSA) is 72.5 Å². The van der Waals surface area contributed by atoms with Crippen molar-refractivity contribution in [2.24, 2.45) is 0 Å². The maximum absolute atomic E-state index is 13.3. The van der Waals surface area contributed by atoms with Gasteiger partial charge in [0, 0.05) is 11.6 Å². The fraction of sp³-hybridized carbons (Fsp3) is 0.0714. The first kappa shape index (κ1) is 16.3. The van der Waals surface area contributed by atoms with Crippen LogP contribution in [0.5, 0.6) is 11.5 Å². The second-order valence-electron chi connectivity index (χ2n) is 4.41. The Balaban J connectivity index is 2.12. The van der Waals surface area contributed by atoms with E-state index in [1.54, 1.807) is 0 Å². The highest BCUT2D eigenvalue weighted by atomic mass is 35.5. The number of benzene rings is 2. The van der Waals surface area contributed by atoms with Gasteiger partial charge in [0.1, 0.15) is 17.3 Å². The number of sulfonamides is 1. The minimum Gasteiger partial charge on any atom is -0.457 e. The molecule has 0 aromatic heterocycles. The van der Waals surface area contributed by atoms with Crippen molar-refractivity contribution in [2.75, 3.05) is 6.26 Å². The van der Waals surface area contributed by atoms with E-state index in [1.807, 2.05) is 4.72 Å². The molecule has 0 unspecified atom stereocenters. The SMILES string of the molecule is CS(=O)(=O)NC(=O)c1ccc(Oc2ccc(Cl)c(F)c2)cc1. The van der Waals surface area contributed by atoms with E-state index in [-0.39, 0.29) is 16.3 Å². The molecular weight excluding hydrogens is 333 g/mol. The molecule has 116 valence electrons. The molecule has 0 saturated carbocycles. The Bertz CT molecular complexity index is 806. The predicted octanol–water partition coefficient (Wildman–Crippen LogP) is 2.96. The van der Waals surface area contributed by atoms with E-state index >= 15 is 0 Å². The maximum atomic E-state index is 13.3. The van der Waals surface area contributed by atoms with Gasteiger partial charge in [0.05, 0.1) is 11.3 Å². The first-order valence-electron chi connectivity index (χ1n) is 6.00. The Labute approximate surface area is 131 Å². The van der Waals surface area contributed by atoms with Crippen LogP contribution >= 0.6 is 11.6 Å². The minimum atomic E-state index is -3.62. The van der Waals surface area contributed by atoms with Crippen LogP contribution in [0.25, 0.3) is 0 Å². The zero-order valence-electron chi connectivity index (χ0n) is 11.3. The Morgan fingerprint density at radius 1 is 1.14 bits per heavy atom. The lowest BCUT2D eigenvalue weighted by atomic mass is 10.2. The van der Waals surface area contributed by atoms with Crippen LogP contribution in [0.15, 0.2) is 42.5 Å². The zero-order chi connectivity index (χ0) is 16.3. The van der Waals surface area contributed by atoms with Crippen molar-refractivity contribution in [1.29, 1.82) is 0 Å². The second-order valence-corrected chi connectivity index (χ2v) is 6.56. The van der Waals surface area contributed by atoms with Crippen molar-refractivity contribution in [3.05, 3.63) is 58.9 Å². The van der Waals surface area contributed by atoms with Gasteiger partial charge in [-0.25, -0.2) is 17.5 Å². The monoisotopic (exact) mass is 343 g/mol. The largest absolute Gasteiger partial charge is 0.457 e. The van der Waals surface area contributed by atoms with Gasteiger partial charge in [0.15, 0.2) is 0 Å². The first-order chi connectivity index (χ1) is 10.2. The third-order valence-electron chi connectivity index (χ3n) is 2.52. The van der Waals surface area contributed by atoms with Crippen LogP contribution in [-0.2, 0) is 10.0 Å². The van der Waals surface area contributed by atoms with Crippen LogP contribution in [0.4, 0.5) is 4.39 Å². The summed E-state index contributed by atoms with van der Waals surface area (Å²) in [5.74, 6) is -0.747. The number of rotatable bonds is 4. The van der Waals surface area contributed by atoms with Crippen molar-refractivity contribution in [3.8, 4) is 11.5 Å². The van der Waals surface area contributed by atoms with E-state index in [0.29, 0.717) is 5.75 Å². The van der Waals surface area contributed by atoms with Crippen LogP contribution in [-0.4, -0.2) is 20.6 Å². The van der Waals surface area contributed by atoms with Crippen molar-refractivity contribution in [3.63, 3.8) is 0 Å². The number of ether oxygens (including phenoxy) is 1. The fourth-order valence-corrected chi connectivity index (χ4v) is 2.15.